The van der Waals surface area contributed by atoms with Crippen LogP contribution in [0.3, 0.4) is 0 Å². The van der Waals surface area contributed by atoms with Crippen LogP contribution in [-0.2, 0) is 0 Å². The first-order valence-electron chi connectivity index (χ1n) is 8.36. The van der Waals surface area contributed by atoms with Crippen molar-refractivity contribution in [2.75, 3.05) is 0 Å². The van der Waals surface area contributed by atoms with Crippen LogP contribution in [0.2, 0.25) is 0 Å². The van der Waals surface area contributed by atoms with E-state index in [1.807, 2.05) is 22.7 Å². The van der Waals surface area contributed by atoms with Gasteiger partial charge in [0, 0.05) is 11.8 Å². The van der Waals surface area contributed by atoms with Crippen molar-refractivity contribution in [3.05, 3.63) is 72.4 Å². The minimum absolute atomic E-state index is 0.217. The second-order valence-corrected chi connectivity index (χ2v) is 6.50. The summed E-state index contributed by atoms with van der Waals surface area (Å²) in [7, 11) is 0. The highest BCUT2D eigenvalue weighted by Crippen LogP contribution is 2.26. The van der Waals surface area contributed by atoms with Gasteiger partial charge in [0.1, 0.15) is 5.75 Å². The lowest BCUT2D eigenvalue weighted by atomic mass is 9.99. The second-order valence-electron chi connectivity index (χ2n) is 6.50. The first-order valence-corrected chi connectivity index (χ1v) is 8.36. The van der Waals surface area contributed by atoms with Gasteiger partial charge >= 0.3 is 0 Å². The predicted octanol–water partition coefficient (Wildman–Crippen LogP) is 4.89. The Morgan fingerprint density at radius 2 is 1.60 bits per heavy atom. The van der Waals surface area contributed by atoms with Gasteiger partial charge in [0.2, 0.25) is 0 Å². The van der Waals surface area contributed by atoms with Crippen LogP contribution in [0, 0.1) is 0 Å². The van der Waals surface area contributed by atoms with Crippen molar-refractivity contribution in [3.63, 3.8) is 0 Å². The molecular weight excluding hydrogens is 310 g/mol. The lowest BCUT2D eigenvalue weighted by molar-refractivity contribution is 0.475. The quantitative estimate of drug-likeness (QED) is 0.582. The third-order valence-corrected chi connectivity index (χ3v) is 4.42. The highest BCUT2D eigenvalue weighted by molar-refractivity contribution is 5.68. The van der Waals surface area contributed by atoms with E-state index >= 15 is 0 Å². The van der Waals surface area contributed by atoms with Crippen LogP contribution in [-0.4, -0.2) is 19.7 Å². The molecule has 0 bridgehead atoms. The minimum Gasteiger partial charge on any atom is -0.508 e. The van der Waals surface area contributed by atoms with Crippen LogP contribution < -0.4 is 0 Å². The molecule has 4 heteroatoms. The number of aromatic nitrogens is 3. The van der Waals surface area contributed by atoms with Gasteiger partial charge in [-0.2, -0.15) is 0 Å². The van der Waals surface area contributed by atoms with Crippen LogP contribution in [0.1, 0.15) is 25.3 Å². The zero-order chi connectivity index (χ0) is 17.4. The molecule has 0 saturated heterocycles. The fourth-order valence-electron chi connectivity index (χ4n) is 2.96. The molecule has 0 aliphatic rings. The number of phenolic OH excluding ortho intramolecular Hbond substituents is 1. The Balaban J connectivity index is 1.80. The summed E-state index contributed by atoms with van der Waals surface area (Å²) in [5.41, 5.74) is 5.20. The van der Waals surface area contributed by atoms with Gasteiger partial charge in [-0.05, 0) is 46.9 Å². The van der Waals surface area contributed by atoms with Crippen LogP contribution in [0.15, 0.2) is 66.9 Å². The first kappa shape index (κ1) is 15.4. The average molecular weight is 329 g/mol. The van der Waals surface area contributed by atoms with Gasteiger partial charge in [0.25, 0.3) is 0 Å². The van der Waals surface area contributed by atoms with Crippen molar-refractivity contribution in [3.8, 4) is 28.3 Å². The molecule has 0 aliphatic heterocycles. The summed E-state index contributed by atoms with van der Waals surface area (Å²) in [5.74, 6) is 1.45. The Morgan fingerprint density at radius 3 is 2.32 bits per heavy atom. The SMILES string of the molecule is CC(C)c1ccc(-c2ccc3nnc(-c4cccc(O)c4)n3c2)cc1. The Morgan fingerprint density at radius 1 is 0.840 bits per heavy atom. The first-order chi connectivity index (χ1) is 12.1. The highest BCUT2D eigenvalue weighted by atomic mass is 16.3. The molecule has 0 amide bonds. The largest absolute Gasteiger partial charge is 0.508 e. The van der Waals surface area contributed by atoms with E-state index < -0.39 is 0 Å². The number of rotatable bonds is 3. The van der Waals surface area contributed by atoms with Crippen molar-refractivity contribution in [2.24, 2.45) is 0 Å². The summed E-state index contributed by atoms with van der Waals surface area (Å²) >= 11 is 0. The summed E-state index contributed by atoms with van der Waals surface area (Å²) < 4.78 is 1.96. The number of phenols is 1. The summed E-state index contributed by atoms with van der Waals surface area (Å²) in [6, 6.07) is 19.7. The van der Waals surface area contributed by atoms with E-state index in [9.17, 15) is 5.11 Å². The molecule has 2 aromatic carbocycles. The van der Waals surface area contributed by atoms with Crippen molar-refractivity contribution in [1.82, 2.24) is 14.6 Å². The van der Waals surface area contributed by atoms with E-state index in [1.165, 1.54) is 5.56 Å². The van der Waals surface area contributed by atoms with Crippen LogP contribution in [0.5, 0.6) is 5.75 Å². The third-order valence-electron chi connectivity index (χ3n) is 4.42. The van der Waals surface area contributed by atoms with Crippen LogP contribution >= 0.6 is 0 Å². The molecule has 0 aliphatic carbocycles. The van der Waals surface area contributed by atoms with Gasteiger partial charge in [-0.3, -0.25) is 4.40 Å². The summed E-state index contributed by atoms with van der Waals surface area (Å²) in [4.78, 5) is 0. The van der Waals surface area contributed by atoms with E-state index in [-0.39, 0.29) is 5.75 Å². The minimum atomic E-state index is 0.217. The standard InChI is InChI=1S/C21H19N3O/c1-14(2)15-6-8-16(9-7-15)18-10-11-20-22-23-21(24(20)13-18)17-4-3-5-19(25)12-17/h3-14,25H,1-2H3. The fourth-order valence-corrected chi connectivity index (χ4v) is 2.96. The van der Waals surface area contributed by atoms with Crippen LogP contribution in [0.4, 0.5) is 0 Å². The average Bonchev–Trinajstić information content (AvgIpc) is 3.05. The normalized spacial score (nSPS) is 11.3. The van der Waals surface area contributed by atoms with Gasteiger partial charge in [-0.15, -0.1) is 10.2 Å². The van der Waals surface area contributed by atoms with Gasteiger partial charge in [0.05, 0.1) is 0 Å². The van der Waals surface area contributed by atoms with Crippen LogP contribution in [0.25, 0.3) is 28.2 Å². The number of pyridine rings is 1. The molecule has 25 heavy (non-hydrogen) atoms. The molecule has 4 nitrogen and oxygen atoms in total. The monoisotopic (exact) mass is 329 g/mol. The molecule has 0 fully saturated rings. The van der Waals surface area contributed by atoms with E-state index in [2.05, 4.69) is 54.4 Å². The molecule has 1 N–H and O–H groups in total. The second kappa shape index (κ2) is 6.06. The number of benzene rings is 2. The molecule has 0 radical (unpaired) electrons. The maximum absolute atomic E-state index is 9.73. The molecular formula is C21H19N3O. The Bertz CT molecular complexity index is 1030. The molecule has 0 unspecified atom stereocenters. The number of aromatic hydroxyl groups is 1. The van der Waals surface area contributed by atoms with Crippen molar-refractivity contribution in [1.29, 1.82) is 0 Å². The van der Waals surface area contributed by atoms with Crippen molar-refractivity contribution < 1.29 is 5.11 Å². The Kier molecular flexibility index (Phi) is 3.73. The molecule has 4 rings (SSSR count). The van der Waals surface area contributed by atoms with Gasteiger partial charge in [-0.1, -0.05) is 50.2 Å². The number of fused-ring (bicyclic) bond motifs is 1. The van der Waals surface area contributed by atoms with E-state index in [0.717, 1.165) is 22.3 Å². The lowest BCUT2D eigenvalue weighted by Gasteiger charge is -2.08. The molecule has 124 valence electrons. The summed E-state index contributed by atoms with van der Waals surface area (Å²) in [6.45, 7) is 4.39. The number of nitrogens with zero attached hydrogens (tertiary/aromatic N) is 3. The van der Waals surface area contributed by atoms with E-state index in [4.69, 9.17) is 0 Å². The maximum atomic E-state index is 9.73. The Labute approximate surface area is 146 Å². The number of hydrogen-bond donors (Lipinski definition) is 1. The van der Waals surface area contributed by atoms with Crippen molar-refractivity contribution in [2.45, 2.75) is 19.8 Å². The molecule has 2 aromatic heterocycles. The summed E-state index contributed by atoms with van der Waals surface area (Å²) in [6.07, 6.45) is 2.04. The van der Waals surface area contributed by atoms with E-state index in [1.54, 1.807) is 18.2 Å². The molecule has 0 atom stereocenters. The summed E-state index contributed by atoms with van der Waals surface area (Å²) in [5, 5.41) is 18.2. The third kappa shape index (κ3) is 2.87. The van der Waals surface area contributed by atoms with Gasteiger partial charge in [0.15, 0.2) is 11.5 Å². The smallest absolute Gasteiger partial charge is 0.168 e. The topological polar surface area (TPSA) is 50.4 Å². The zero-order valence-corrected chi connectivity index (χ0v) is 14.2. The predicted molar refractivity (Wildman–Crippen MR) is 99.6 cm³/mol. The molecule has 2 heterocycles. The maximum Gasteiger partial charge on any atom is 0.168 e. The Hall–Kier alpha value is -3.14. The van der Waals surface area contributed by atoms with E-state index in [0.29, 0.717) is 11.7 Å². The number of hydrogen-bond acceptors (Lipinski definition) is 3. The van der Waals surface area contributed by atoms with Gasteiger partial charge < -0.3 is 5.11 Å². The highest BCUT2D eigenvalue weighted by Gasteiger charge is 2.10. The zero-order valence-electron chi connectivity index (χ0n) is 14.2. The molecule has 0 spiro atoms. The molecule has 4 aromatic rings. The lowest BCUT2D eigenvalue weighted by Crippen LogP contribution is -1.91. The van der Waals surface area contributed by atoms with Crippen molar-refractivity contribution >= 4 is 5.65 Å². The molecule has 0 saturated carbocycles. The van der Waals surface area contributed by atoms with Gasteiger partial charge in [-0.25, -0.2) is 0 Å². The fraction of sp³-hybridized carbons (Fsp3) is 0.143.